The molecule has 0 aromatic carbocycles. The van der Waals surface area contributed by atoms with Gasteiger partial charge in [0, 0.05) is 23.5 Å². The molecule has 0 unspecified atom stereocenters. The molecule has 3 atom stereocenters. The second-order valence-electron chi connectivity index (χ2n) is 9.42. The van der Waals surface area contributed by atoms with Gasteiger partial charge in [-0.3, -0.25) is 9.48 Å². The molecule has 6 heteroatoms. The molecular weight excluding hydrogens is 394 g/mol. The van der Waals surface area contributed by atoms with Gasteiger partial charge >= 0.3 is 0 Å². The van der Waals surface area contributed by atoms with Crippen molar-refractivity contribution >= 4 is 27.5 Å². The number of hydrogen-bond donors (Lipinski definition) is 1. The molecule has 0 spiro atoms. The molecule has 5 nitrogen and oxygen atoms in total. The molecule has 4 saturated carbocycles. The molecular formula is C20H28BrN3O2. The van der Waals surface area contributed by atoms with Crippen LogP contribution in [-0.4, -0.2) is 32.7 Å². The highest BCUT2D eigenvalue weighted by Gasteiger charge is 2.57. The second kappa shape index (κ2) is 6.33. The molecule has 1 amide bonds. The summed E-state index contributed by atoms with van der Waals surface area (Å²) in [5.74, 6) is 1.79. The zero-order valence-corrected chi connectivity index (χ0v) is 16.8. The quantitative estimate of drug-likeness (QED) is 0.727. The number of ether oxygens (including phenoxy) is 1. The number of anilines is 1. The van der Waals surface area contributed by atoms with Crippen molar-refractivity contribution in [1.82, 2.24) is 9.78 Å². The van der Waals surface area contributed by atoms with E-state index in [9.17, 15) is 4.79 Å². The van der Waals surface area contributed by atoms with Crippen molar-refractivity contribution in [3.8, 4) is 0 Å². The number of carbonyl (C=O) groups is 1. The van der Waals surface area contributed by atoms with Crippen LogP contribution in [0.4, 0.5) is 5.69 Å². The Kier molecular flexibility index (Phi) is 4.20. The van der Waals surface area contributed by atoms with Gasteiger partial charge in [-0.05, 0) is 68.6 Å². The first-order valence-corrected chi connectivity index (χ1v) is 10.9. The predicted molar refractivity (Wildman–Crippen MR) is 103 cm³/mol. The second-order valence-corrected chi connectivity index (χ2v) is 11.1. The van der Waals surface area contributed by atoms with Crippen molar-refractivity contribution in [2.75, 3.05) is 11.9 Å². The average Bonchev–Trinajstić information content (AvgIpc) is 3.16. The van der Waals surface area contributed by atoms with Crippen LogP contribution in [0.15, 0.2) is 12.4 Å². The van der Waals surface area contributed by atoms with Gasteiger partial charge in [0.2, 0.25) is 5.91 Å². The van der Waals surface area contributed by atoms with Crippen molar-refractivity contribution in [3.05, 3.63) is 12.4 Å². The number of nitrogens with zero attached hydrogens (tertiary/aromatic N) is 2. The number of rotatable bonds is 5. The monoisotopic (exact) mass is 421 g/mol. The molecule has 4 aliphatic carbocycles. The Balaban J connectivity index is 1.21. The molecule has 6 rings (SSSR count). The number of aromatic nitrogens is 2. The zero-order chi connectivity index (χ0) is 17.8. The topological polar surface area (TPSA) is 56.2 Å². The van der Waals surface area contributed by atoms with Gasteiger partial charge in [0.25, 0.3) is 0 Å². The lowest BCUT2D eigenvalue weighted by Gasteiger charge is -2.60. The fourth-order valence-corrected chi connectivity index (χ4v) is 8.12. The lowest BCUT2D eigenvalue weighted by molar-refractivity contribution is -0.123. The van der Waals surface area contributed by atoms with Crippen molar-refractivity contribution in [2.45, 2.75) is 74.8 Å². The molecule has 1 aromatic rings. The van der Waals surface area contributed by atoms with Crippen LogP contribution in [0, 0.1) is 17.3 Å². The molecule has 2 heterocycles. The third-order valence-electron chi connectivity index (χ3n) is 6.98. The van der Waals surface area contributed by atoms with E-state index in [2.05, 4.69) is 26.3 Å². The number of nitrogens with one attached hydrogen (secondary N) is 1. The van der Waals surface area contributed by atoms with E-state index in [0.29, 0.717) is 10.7 Å². The predicted octanol–water partition coefficient (Wildman–Crippen LogP) is 4.12. The van der Waals surface area contributed by atoms with Gasteiger partial charge in [-0.15, -0.1) is 0 Å². The minimum Gasteiger partial charge on any atom is -0.376 e. The highest BCUT2D eigenvalue weighted by atomic mass is 79.9. The van der Waals surface area contributed by atoms with Crippen LogP contribution in [0.5, 0.6) is 0 Å². The number of alkyl halides is 1. The number of carbonyl (C=O) groups excluding carboxylic acids is 1. The van der Waals surface area contributed by atoms with Gasteiger partial charge in [-0.1, -0.05) is 15.9 Å². The molecule has 1 saturated heterocycles. The van der Waals surface area contributed by atoms with Crippen LogP contribution >= 0.6 is 15.9 Å². The van der Waals surface area contributed by atoms with E-state index in [0.717, 1.165) is 43.5 Å². The zero-order valence-electron chi connectivity index (χ0n) is 15.3. The molecule has 26 heavy (non-hydrogen) atoms. The number of halogens is 1. The minimum absolute atomic E-state index is 0.153. The highest BCUT2D eigenvalue weighted by Crippen LogP contribution is 2.65. The van der Waals surface area contributed by atoms with E-state index in [1.165, 1.54) is 38.5 Å². The molecule has 1 N–H and O–H groups in total. The summed E-state index contributed by atoms with van der Waals surface area (Å²) >= 11 is 4.04. The molecule has 142 valence electrons. The normalized spacial score (nSPS) is 40.9. The summed E-state index contributed by atoms with van der Waals surface area (Å²) in [5, 5.41) is 7.48. The molecule has 5 fully saturated rings. The van der Waals surface area contributed by atoms with Crippen LogP contribution in [0.3, 0.4) is 0 Å². The van der Waals surface area contributed by atoms with Crippen molar-refractivity contribution in [2.24, 2.45) is 17.3 Å². The average molecular weight is 422 g/mol. The summed E-state index contributed by atoms with van der Waals surface area (Å²) in [4.78, 5) is 12.8. The summed E-state index contributed by atoms with van der Waals surface area (Å²) in [5.41, 5.74) is 1.03. The van der Waals surface area contributed by atoms with Crippen LogP contribution in [0.1, 0.15) is 57.8 Å². The van der Waals surface area contributed by atoms with Gasteiger partial charge in [0.05, 0.1) is 24.5 Å². The summed E-state index contributed by atoms with van der Waals surface area (Å²) in [6, 6.07) is 0. The lowest BCUT2D eigenvalue weighted by Crippen LogP contribution is -2.53. The lowest BCUT2D eigenvalue weighted by atomic mass is 9.48. The Morgan fingerprint density at radius 2 is 2.15 bits per heavy atom. The standard InChI is InChI=1S/C20H28BrN3O2/c21-20-7-14-4-15(8-20)6-19(5-14,13-20)9-18(25)23-16-10-22-24(11-16)12-17-2-1-3-26-17/h10-11,14-15,17H,1-9,12-13H2,(H,23,25)/t14-,15-,17-,19?,20?/m1/s1. The molecule has 4 bridgehead atoms. The summed E-state index contributed by atoms with van der Waals surface area (Å²) < 4.78 is 7.86. The van der Waals surface area contributed by atoms with Gasteiger partial charge in [-0.2, -0.15) is 5.10 Å². The largest absolute Gasteiger partial charge is 0.376 e. The fraction of sp³-hybridized carbons (Fsp3) is 0.800. The van der Waals surface area contributed by atoms with Crippen LogP contribution < -0.4 is 5.32 Å². The Morgan fingerprint density at radius 3 is 2.85 bits per heavy atom. The van der Waals surface area contributed by atoms with E-state index >= 15 is 0 Å². The van der Waals surface area contributed by atoms with Crippen LogP contribution in [0.2, 0.25) is 0 Å². The van der Waals surface area contributed by atoms with E-state index in [-0.39, 0.29) is 17.4 Å². The SMILES string of the molecule is O=C(CC12C[C@H]3C[C@@H](CC(Br)(C3)C1)C2)Nc1cnn(C[C@H]2CCCO2)c1. The smallest absolute Gasteiger partial charge is 0.225 e. The Bertz CT molecular complexity index is 683. The van der Waals surface area contributed by atoms with E-state index in [1.54, 1.807) is 6.20 Å². The van der Waals surface area contributed by atoms with Crippen molar-refractivity contribution < 1.29 is 9.53 Å². The van der Waals surface area contributed by atoms with Crippen LogP contribution in [-0.2, 0) is 16.1 Å². The maximum absolute atomic E-state index is 12.8. The summed E-state index contributed by atoms with van der Waals surface area (Å²) in [6.45, 7) is 1.63. The van der Waals surface area contributed by atoms with Gasteiger partial charge in [0.15, 0.2) is 0 Å². The maximum Gasteiger partial charge on any atom is 0.225 e. The van der Waals surface area contributed by atoms with Crippen molar-refractivity contribution in [3.63, 3.8) is 0 Å². The summed E-state index contributed by atoms with van der Waals surface area (Å²) in [6.07, 6.45) is 14.5. The van der Waals surface area contributed by atoms with E-state index < -0.39 is 0 Å². The van der Waals surface area contributed by atoms with Gasteiger partial charge in [-0.25, -0.2) is 0 Å². The fourth-order valence-electron chi connectivity index (χ4n) is 6.61. The number of hydrogen-bond acceptors (Lipinski definition) is 3. The highest BCUT2D eigenvalue weighted by molar-refractivity contribution is 9.10. The van der Waals surface area contributed by atoms with Crippen molar-refractivity contribution in [1.29, 1.82) is 0 Å². The maximum atomic E-state index is 12.8. The minimum atomic E-state index is 0.153. The third kappa shape index (κ3) is 3.35. The first kappa shape index (κ1) is 17.2. The number of amides is 1. The van der Waals surface area contributed by atoms with Crippen LogP contribution in [0.25, 0.3) is 0 Å². The third-order valence-corrected chi connectivity index (χ3v) is 7.91. The van der Waals surface area contributed by atoms with Gasteiger partial charge < -0.3 is 10.1 Å². The Labute approximate surface area is 163 Å². The van der Waals surface area contributed by atoms with E-state index in [1.807, 2.05) is 10.9 Å². The molecule has 0 radical (unpaired) electrons. The first-order valence-electron chi connectivity index (χ1n) is 10.1. The molecule has 1 aliphatic heterocycles. The summed E-state index contributed by atoms with van der Waals surface area (Å²) in [7, 11) is 0. The Hall–Kier alpha value is -0.880. The van der Waals surface area contributed by atoms with Gasteiger partial charge in [0.1, 0.15) is 0 Å². The first-order chi connectivity index (χ1) is 12.5. The van der Waals surface area contributed by atoms with E-state index in [4.69, 9.17) is 4.74 Å². The molecule has 1 aromatic heterocycles. The Morgan fingerprint density at radius 1 is 1.35 bits per heavy atom. The molecule has 5 aliphatic rings.